The molecule has 2 aliphatic heterocycles. The van der Waals surface area contributed by atoms with Crippen LogP contribution in [0.2, 0.25) is 0 Å². The molecule has 0 unspecified atom stereocenters. The monoisotopic (exact) mass is 956 g/mol. The maximum atomic E-state index is 13.4. The van der Waals surface area contributed by atoms with E-state index in [0.717, 1.165) is 48.7 Å². The molecule has 0 bridgehead atoms. The summed E-state index contributed by atoms with van der Waals surface area (Å²) in [6.45, 7) is 13.8. The number of rotatable bonds is 16. The third-order valence-electron chi connectivity index (χ3n) is 12.4. The third-order valence-corrected chi connectivity index (χ3v) is 12.4. The third kappa shape index (κ3) is 15.7. The molecule has 4 N–H and O–H groups in total. The van der Waals surface area contributed by atoms with Gasteiger partial charge in [-0.1, -0.05) is 84.9 Å². The Labute approximate surface area is 417 Å². The van der Waals surface area contributed by atoms with Crippen LogP contribution in [0.4, 0.5) is 4.79 Å². The van der Waals surface area contributed by atoms with Gasteiger partial charge in [0.15, 0.2) is 0 Å². The number of nitrogens with zero attached hydrogens (tertiary/aromatic N) is 9. The van der Waals surface area contributed by atoms with Crippen molar-refractivity contribution < 1.29 is 14.4 Å². The zero-order valence-corrected chi connectivity index (χ0v) is 41.0. The van der Waals surface area contributed by atoms with Gasteiger partial charge in [-0.25, -0.2) is 14.8 Å². The molecule has 71 heavy (non-hydrogen) atoms. The summed E-state index contributed by atoms with van der Waals surface area (Å²) in [5.41, 5.74) is 7.57. The molecule has 2 fully saturated rings. The molecular weight excluding hydrogens is 891 g/mol. The van der Waals surface area contributed by atoms with E-state index in [1.807, 2.05) is 104 Å². The Morgan fingerprint density at radius 3 is 1.59 bits per heavy atom. The zero-order chi connectivity index (χ0) is 50.0. The minimum absolute atomic E-state index is 0.0425. The average molecular weight is 956 g/mol. The number of nitrogens with one attached hydrogen (secondary N) is 4. The molecule has 2 atom stereocenters. The number of hydrogen-bond acceptors (Lipinski definition) is 10. The lowest BCUT2D eigenvalue weighted by molar-refractivity contribution is -0.127. The first-order chi connectivity index (χ1) is 34.4. The van der Waals surface area contributed by atoms with Gasteiger partial charge in [-0.3, -0.25) is 19.4 Å². The number of imidazole rings is 2. The second-order valence-electron chi connectivity index (χ2n) is 19.1. The van der Waals surface area contributed by atoms with Gasteiger partial charge in [-0.15, -0.1) is 0 Å². The predicted octanol–water partition coefficient (Wildman–Crippen LogP) is 5.09. The number of amides is 4. The molecule has 2 aliphatic rings. The van der Waals surface area contributed by atoms with Gasteiger partial charge in [-0.2, -0.15) is 10.5 Å². The van der Waals surface area contributed by atoms with Gasteiger partial charge in [0.25, 0.3) is 0 Å². The summed E-state index contributed by atoms with van der Waals surface area (Å²) in [5, 5.41) is 30.4. The molecule has 0 aliphatic carbocycles. The van der Waals surface area contributed by atoms with Crippen molar-refractivity contribution in [3.63, 3.8) is 0 Å². The van der Waals surface area contributed by atoms with Crippen molar-refractivity contribution in [3.05, 3.63) is 179 Å². The Morgan fingerprint density at radius 1 is 0.620 bits per heavy atom. The highest BCUT2D eigenvalue weighted by Crippen LogP contribution is 2.17. The van der Waals surface area contributed by atoms with Gasteiger partial charge in [0.05, 0.1) is 42.0 Å². The van der Waals surface area contributed by atoms with Crippen molar-refractivity contribution in [3.8, 4) is 12.1 Å². The number of aromatic nitrogens is 4. The molecular formula is C55H65N13O3. The van der Waals surface area contributed by atoms with Crippen molar-refractivity contribution in [1.29, 1.82) is 10.5 Å². The van der Waals surface area contributed by atoms with Gasteiger partial charge >= 0.3 is 6.03 Å². The Kier molecular flexibility index (Phi) is 18.2. The molecule has 4 aromatic carbocycles. The maximum absolute atomic E-state index is 13.4. The Bertz CT molecular complexity index is 2720. The summed E-state index contributed by atoms with van der Waals surface area (Å²) in [5.74, 6) is -0.115. The number of carbonyl (C=O) groups excluding carboxylic acids is 3. The van der Waals surface area contributed by atoms with Gasteiger partial charge < -0.3 is 35.3 Å². The number of piperazine rings is 2. The van der Waals surface area contributed by atoms with Crippen molar-refractivity contribution in [2.45, 2.75) is 77.4 Å². The molecule has 2 aromatic heterocycles. The van der Waals surface area contributed by atoms with Crippen LogP contribution in [0.5, 0.6) is 0 Å². The molecule has 16 nitrogen and oxygen atoms in total. The molecule has 4 heterocycles. The Morgan fingerprint density at radius 2 is 1.10 bits per heavy atom. The second kappa shape index (κ2) is 25.3. The fourth-order valence-electron chi connectivity index (χ4n) is 8.69. The van der Waals surface area contributed by atoms with Crippen molar-refractivity contribution in [1.82, 2.24) is 55.1 Å². The standard InChI is InChI=1S/C30H37N7O2.C25H28N6O/c1-30(2,3)34-29(39)37-16-15-35(19-24-7-5-4-6-8-24)21-27(37)28(38)33-14-13-26-18-32-22-36(26)20-25-11-9-23(17-31)10-12-25;26-14-20-6-8-22(9-7-20)17-31-19-27-15-23(31)10-11-29-25(32)24-18-30(13-12-28-24)16-21-4-2-1-3-5-21/h4-12,18,22,27H,13-16,19-21H2,1-3H3,(H,33,38)(H,34,39);1-9,15,19,24,28H,10-13,16-18H2,(H,29,32)/t27-;24-/m11/s1. The van der Waals surface area contributed by atoms with E-state index in [0.29, 0.717) is 76.3 Å². The van der Waals surface area contributed by atoms with Crippen molar-refractivity contribution >= 4 is 17.8 Å². The number of carbonyl (C=O) groups is 3. The first-order valence-corrected chi connectivity index (χ1v) is 24.3. The highest BCUT2D eigenvalue weighted by molar-refractivity contribution is 5.87. The summed E-state index contributed by atoms with van der Waals surface area (Å²) in [6.07, 6.45) is 8.55. The molecule has 4 amide bonds. The Hall–Kier alpha value is -7.63. The van der Waals surface area contributed by atoms with Crippen LogP contribution in [0.1, 0.15) is 65.5 Å². The number of urea groups is 1. The minimum atomic E-state index is -0.589. The number of benzene rings is 4. The van der Waals surface area contributed by atoms with E-state index in [4.69, 9.17) is 10.5 Å². The SMILES string of the molecule is CC(C)(C)NC(=O)N1CCN(Cc2ccccc2)C[C@@H]1C(=O)NCCc1cncn1Cc1ccc(C#N)cc1.N#Cc1ccc(Cn2cncc2CCNC(=O)[C@H]2CN(Cc3ccccc3)CCN2)cc1. The van der Waals surface area contributed by atoms with Crippen LogP contribution in [-0.2, 0) is 48.6 Å². The first kappa shape index (κ1) is 51.2. The Balaban J connectivity index is 0.000000213. The van der Waals surface area contributed by atoms with Crippen LogP contribution in [0, 0.1) is 22.7 Å². The lowest BCUT2D eigenvalue weighted by atomic mass is 10.1. The molecule has 0 spiro atoms. The van der Waals surface area contributed by atoms with Crippen LogP contribution in [0.15, 0.2) is 134 Å². The molecule has 8 rings (SSSR count). The second-order valence-corrected chi connectivity index (χ2v) is 19.1. The van der Waals surface area contributed by atoms with Gasteiger partial charge in [0.2, 0.25) is 11.8 Å². The van der Waals surface area contributed by atoms with Crippen LogP contribution in [0.25, 0.3) is 0 Å². The number of nitriles is 2. The minimum Gasteiger partial charge on any atom is -0.354 e. The average Bonchev–Trinajstić information content (AvgIpc) is 4.03. The topological polar surface area (TPSA) is 192 Å². The van der Waals surface area contributed by atoms with E-state index in [2.05, 4.69) is 82.0 Å². The summed E-state index contributed by atoms with van der Waals surface area (Å²) in [7, 11) is 0. The highest BCUT2D eigenvalue weighted by Gasteiger charge is 2.36. The first-order valence-electron chi connectivity index (χ1n) is 24.3. The quantitative estimate of drug-likeness (QED) is 0.102. The van der Waals surface area contributed by atoms with Gasteiger partial charge in [0.1, 0.15) is 6.04 Å². The van der Waals surface area contributed by atoms with E-state index in [9.17, 15) is 14.4 Å². The predicted molar refractivity (Wildman–Crippen MR) is 272 cm³/mol. The summed E-state index contributed by atoms with van der Waals surface area (Å²) in [6, 6.07) is 38.8. The molecule has 368 valence electrons. The van der Waals surface area contributed by atoms with Crippen LogP contribution < -0.4 is 21.3 Å². The van der Waals surface area contributed by atoms with Gasteiger partial charge in [0, 0.05) is 121 Å². The molecule has 6 aromatic rings. The maximum Gasteiger partial charge on any atom is 0.318 e. The lowest BCUT2D eigenvalue weighted by Crippen LogP contribution is -2.63. The molecule has 16 heteroatoms. The van der Waals surface area contributed by atoms with Crippen molar-refractivity contribution in [2.24, 2.45) is 0 Å². The normalized spacial score (nSPS) is 16.2. The van der Waals surface area contributed by atoms with E-state index < -0.39 is 11.6 Å². The smallest absolute Gasteiger partial charge is 0.318 e. The largest absolute Gasteiger partial charge is 0.354 e. The highest BCUT2D eigenvalue weighted by atomic mass is 16.2. The summed E-state index contributed by atoms with van der Waals surface area (Å²) < 4.78 is 4.12. The lowest BCUT2D eigenvalue weighted by Gasteiger charge is -2.41. The van der Waals surface area contributed by atoms with Crippen LogP contribution in [0.3, 0.4) is 0 Å². The van der Waals surface area contributed by atoms with E-state index in [1.165, 1.54) is 11.1 Å². The van der Waals surface area contributed by atoms with E-state index in [1.54, 1.807) is 35.9 Å². The van der Waals surface area contributed by atoms with Crippen LogP contribution in [-0.4, -0.2) is 122 Å². The fraction of sp³-hybridized carbons (Fsp3) is 0.364. The van der Waals surface area contributed by atoms with Gasteiger partial charge in [-0.05, 0) is 67.3 Å². The fourth-order valence-corrected chi connectivity index (χ4v) is 8.69. The van der Waals surface area contributed by atoms with E-state index in [-0.39, 0.29) is 23.9 Å². The van der Waals surface area contributed by atoms with Crippen molar-refractivity contribution in [2.75, 3.05) is 52.4 Å². The molecule has 2 saturated heterocycles. The molecule has 0 radical (unpaired) electrons. The summed E-state index contributed by atoms with van der Waals surface area (Å²) in [4.78, 5) is 54.0. The van der Waals surface area contributed by atoms with Crippen LogP contribution >= 0.6 is 0 Å². The molecule has 0 saturated carbocycles. The zero-order valence-electron chi connectivity index (χ0n) is 41.0. The van der Waals surface area contributed by atoms with E-state index >= 15 is 0 Å². The summed E-state index contributed by atoms with van der Waals surface area (Å²) >= 11 is 0. The number of hydrogen-bond donors (Lipinski definition) is 4.